The van der Waals surface area contributed by atoms with E-state index in [0.717, 1.165) is 47.0 Å². The van der Waals surface area contributed by atoms with Crippen molar-refractivity contribution in [3.05, 3.63) is 48.3 Å². The van der Waals surface area contributed by atoms with E-state index in [-0.39, 0.29) is 24.3 Å². The molecular weight excluding hydrogens is 532 g/mol. The summed E-state index contributed by atoms with van der Waals surface area (Å²) >= 11 is 0. The molecule has 0 bridgehead atoms. The zero-order valence-electron chi connectivity index (χ0n) is 26.0. The highest BCUT2D eigenvalue weighted by atomic mass is 16.6. The van der Waals surface area contributed by atoms with Gasteiger partial charge in [0.1, 0.15) is 22.9 Å². The summed E-state index contributed by atoms with van der Waals surface area (Å²) in [6.45, 7) is 16.9. The molecule has 10 heteroatoms. The molecule has 2 N–H and O–H groups in total. The third-order valence-corrected chi connectivity index (χ3v) is 7.61. The lowest BCUT2D eigenvalue weighted by Gasteiger charge is -2.27. The number of likely N-dealkylation sites (tertiary alicyclic amines) is 2. The minimum atomic E-state index is -0.550. The maximum absolute atomic E-state index is 12.9. The minimum absolute atomic E-state index is 0.148. The van der Waals surface area contributed by atoms with Crippen molar-refractivity contribution in [1.29, 1.82) is 0 Å². The SMILES string of the molecule is C[C@@H]1C[C@@H](c2ncc(-c3ccc(-c4cnc([C@@H]5C[C@H](C)CN5C(=O)OC(C)(C)C)[nH]4)cc3)[nH]2)N(C(=O)OC(C)(C)C)C1. The summed E-state index contributed by atoms with van der Waals surface area (Å²) in [6.07, 6.45) is 4.69. The third kappa shape index (κ3) is 6.63. The lowest BCUT2D eigenvalue weighted by Crippen LogP contribution is -2.37. The van der Waals surface area contributed by atoms with Gasteiger partial charge in [0.15, 0.2) is 0 Å². The Morgan fingerprint density at radius 3 is 1.40 bits per heavy atom. The fourth-order valence-corrected chi connectivity index (χ4v) is 5.79. The van der Waals surface area contributed by atoms with Crippen molar-refractivity contribution >= 4 is 12.2 Å². The van der Waals surface area contributed by atoms with Gasteiger partial charge < -0.3 is 19.4 Å². The van der Waals surface area contributed by atoms with Gasteiger partial charge in [0.25, 0.3) is 0 Å². The summed E-state index contributed by atoms with van der Waals surface area (Å²) in [5.74, 6) is 2.25. The normalized spacial score (nSPS) is 23.0. The Morgan fingerprint density at radius 1 is 0.714 bits per heavy atom. The number of nitrogens with zero attached hydrogens (tertiary/aromatic N) is 4. The quantitative estimate of drug-likeness (QED) is 0.342. The van der Waals surface area contributed by atoms with Gasteiger partial charge in [-0.1, -0.05) is 38.1 Å². The number of imidazole rings is 2. The molecule has 0 saturated carbocycles. The van der Waals surface area contributed by atoms with E-state index in [2.05, 4.69) is 33.8 Å². The zero-order valence-corrected chi connectivity index (χ0v) is 26.0. The summed E-state index contributed by atoms with van der Waals surface area (Å²) in [7, 11) is 0. The van der Waals surface area contributed by atoms with Crippen LogP contribution in [0.1, 0.15) is 92.0 Å². The van der Waals surface area contributed by atoms with Crippen molar-refractivity contribution in [2.24, 2.45) is 11.8 Å². The van der Waals surface area contributed by atoms with E-state index < -0.39 is 11.2 Å². The highest BCUT2D eigenvalue weighted by Gasteiger charge is 2.39. The molecule has 2 aliphatic heterocycles. The number of aromatic amines is 2. The van der Waals surface area contributed by atoms with Crippen LogP contribution in [0, 0.1) is 11.8 Å². The minimum Gasteiger partial charge on any atom is -0.444 e. The maximum atomic E-state index is 12.9. The van der Waals surface area contributed by atoms with Crippen LogP contribution in [0.4, 0.5) is 9.59 Å². The fraction of sp³-hybridized carbons (Fsp3) is 0.562. The van der Waals surface area contributed by atoms with Gasteiger partial charge >= 0.3 is 12.2 Å². The Hall–Kier alpha value is -3.82. The molecule has 226 valence electrons. The van der Waals surface area contributed by atoms with Crippen molar-refractivity contribution in [3.8, 4) is 22.5 Å². The predicted octanol–water partition coefficient (Wildman–Crippen LogP) is 7.10. The zero-order chi connectivity index (χ0) is 30.4. The monoisotopic (exact) mass is 576 g/mol. The Balaban J connectivity index is 1.29. The molecule has 0 aliphatic carbocycles. The van der Waals surface area contributed by atoms with Crippen LogP contribution >= 0.6 is 0 Å². The van der Waals surface area contributed by atoms with E-state index in [9.17, 15) is 9.59 Å². The van der Waals surface area contributed by atoms with Crippen LogP contribution in [0.25, 0.3) is 22.5 Å². The molecule has 2 amide bonds. The largest absolute Gasteiger partial charge is 0.444 e. The lowest BCUT2D eigenvalue weighted by molar-refractivity contribution is 0.0204. The standard InChI is InChI=1S/C32H44N6O4/c1-19-13-25(37(17-19)29(39)41-31(3,4)5)27-33-15-23(35-27)21-9-11-22(12-10-21)24-16-34-28(36-24)26-14-20(2)18-38(26)30(40)42-32(6,7)8/h9-12,15-16,19-20,25-26H,13-14,17-18H2,1-8H3,(H,33,35)(H,34,36)/t19-,20+,25-,26-/m0/s1. The molecule has 3 aromatic rings. The average Bonchev–Trinajstić information content (AvgIpc) is 3.67. The number of ether oxygens (including phenoxy) is 2. The van der Waals surface area contributed by atoms with Crippen LogP contribution in [-0.4, -0.2) is 66.2 Å². The Morgan fingerprint density at radius 2 is 1.07 bits per heavy atom. The first kappa shape index (κ1) is 29.7. The van der Waals surface area contributed by atoms with E-state index in [0.29, 0.717) is 24.9 Å². The first-order valence-electron chi connectivity index (χ1n) is 14.9. The van der Waals surface area contributed by atoms with Crippen LogP contribution in [0.2, 0.25) is 0 Å². The highest BCUT2D eigenvalue weighted by molar-refractivity contribution is 5.70. The number of H-pyrrole nitrogens is 2. The summed E-state index contributed by atoms with van der Waals surface area (Å²) < 4.78 is 11.3. The van der Waals surface area contributed by atoms with Gasteiger partial charge in [-0.25, -0.2) is 19.6 Å². The predicted molar refractivity (Wildman–Crippen MR) is 161 cm³/mol. The number of carbonyl (C=O) groups is 2. The first-order valence-corrected chi connectivity index (χ1v) is 14.9. The second-order valence-corrected chi connectivity index (χ2v) is 13.9. The second kappa shape index (κ2) is 11.1. The van der Waals surface area contributed by atoms with Gasteiger partial charge in [0.2, 0.25) is 0 Å². The summed E-state index contributed by atoms with van der Waals surface area (Å²) in [6, 6.07) is 7.87. The van der Waals surface area contributed by atoms with E-state index in [1.165, 1.54) is 0 Å². The van der Waals surface area contributed by atoms with Crippen molar-refractivity contribution < 1.29 is 19.1 Å². The topological polar surface area (TPSA) is 116 Å². The van der Waals surface area contributed by atoms with Gasteiger partial charge in [-0.05, 0) is 77.3 Å². The van der Waals surface area contributed by atoms with E-state index in [4.69, 9.17) is 9.47 Å². The molecule has 2 fully saturated rings. The summed E-state index contributed by atoms with van der Waals surface area (Å²) in [5.41, 5.74) is 2.66. The molecule has 4 atom stereocenters. The number of carbonyl (C=O) groups excluding carboxylic acids is 2. The van der Waals surface area contributed by atoms with E-state index >= 15 is 0 Å². The van der Waals surface area contributed by atoms with E-state index in [1.54, 1.807) is 9.80 Å². The molecule has 4 heterocycles. The number of aromatic nitrogens is 4. The van der Waals surface area contributed by atoms with Gasteiger partial charge in [-0.15, -0.1) is 0 Å². The van der Waals surface area contributed by atoms with Crippen molar-refractivity contribution in [1.82, 2.24) is 29.7 Å². The number of rotatable bonds is 4. The van der Waals surface area contributed by atoms with Crippen LogP contribution in [0.3, 0.4) is 0 Å². The third-order valence-electron chi connectivity index (χ3n) is 7.61. The van der Waals surface area contributed by atoms with Crippen molar-refractivity contribution in [2.75, 3.05) is 13.1 Å². The van der Waals surface area contributed by atoms with Gasteiger partial charge in [-0.2, -0.15) is 0 Å². The van der Waals surface area contributed by atoms with Gasteiger partial charge in [0, 0.05) is 13.1 Å². The smallest absolute Gasteiger partial charge is 0.410 e. The summed E-state index contributed by atoms with van der Waals surface area (Å²) in [5, 5.41) is 0. The molecule has 5 rings (SSSR count). The number of hydrogen-bond donors (Lipinski definition) is 2. The van der Waals surface area contributed by atoms with Crippen molar-refractivity contribution in [2.45, 2.75) is 91.5 Å². The van der Waals surface area contributed by atoms with Gasteiger partial charge in [-0.3, -0.25) is 9.80 Å². The number of hydrogen-bond acceptors (Lipinski definition) is 6. The Bertz CT molecular complexity index is 1310. The Labute approximate surface area is 248 Å². The van der Waals surface area contributed by atoms with Gasteiger partial charge in [0.05, 0.1) is 35.9 Å². The van der Waals surface area contributed by atoms with Crippen molar-refractivity contribution in [3.63, 3.8) is 0 Å². The molecule has 2 aliphatic rings. The molecule has 2 saturated heterocycles. The number of benzene rings is 1. The molecule has 42 heavy (non-hydrogen) atoms. The first-order chi connectivity index (χ1) is 19.7. The number of amides is 2. The fourth-order valence-electron chi connectivity index (χ4n) is 5.79. The molecule has 0 radical (unpaired) electrons. The average molecular weight is 577 g/mol. The summed E-state index contributed by atoms with van der Waals surface area (Å²) in [4.78, 5) is 45.5. The molecule has 0 unspecified atom stereocenters. The number of nitrogens with one attached hydrogen (secondary N) is 2. The lowest BCUT2D eigenvalue weighted by atomic mass is 10.1. The Kier molecular flexibility index (Phi) is 7.85. The van der Waals surface area contributed by atoms with Crippen LogP contribution in [-0.2, 0) is 9.47 Å². The van der Waals surface area contributed by atoms with Crippen LogP contribution in [0.5, 0.6) is 0 Å². The molecule has 10 nitrogen and oxygen atoms in total. The molecule has 1 aromatic carbocycles. The van der Waals surface area contributed by atoms with Crippen LogP contribution < -0.4 is 0 Å². The van der Waals surface area contributed by atoms with E-state index in [1.807, 2.05) is 78.2 Å². The molecule has 2 aromatic heterocycles. The second-order valence-electron chi connectivity index (χ2n) is 13.9. The molecule has 0 spiro atoms. The maximum Gasteiger partial charge on any atom is 0.410 e. The van der Waals surface area contributed by atoms with Crippen LogP contribution in [0.15, 0.2) is 36.7 Å². The molecular formula is C32H44N6O4. The highest BCUT2D eigenvalue weighted by Crippen LogP contribution is 2.37.